The molecule has 0 aromatic heterocycles. The number of hydrogen-bond donors (Lipinski definition) is 1. The fourth-order valence-electron chi connectivity index (χ4n) is 3.76. The van der Waals surface area contributed by atoms with Crippen molar-refractivity contribution in [3.8, 4) is 5.75 Å². The van der Waals surface area contributed by atoms with Crippen molar-refractivity contribution < 1.29 is 22.7 Å². The normalized spacial score (nSPS) is 12.5. The Morgan fingerprint density at radius 2 is 1.62 bits per heavy atom. The van der Waals surface area contributed by atoms with E-state index in [1.54, 1.807) is 56.3 Å². The number of nitrogens with one attached hydrogen (secondary N) is 1. The maximum absolute atomic E-state index is 13.9. The summed E-state index contributed by atoms with van der Waals surface area (Å²) in [6, 6.07) is 10.6. The molecule has 0 heterocycles. The molecular weight excluding hydrogens is 537 g/mol. The van der Waals surface area contributed by atoms with E-state index in [2.05, 4.69) is 5.32 Å². The van der Waals surface area contributed by atoms with Gasteiger partial charge in [0.05, 0.1) is 18.6 Å². The number of ether oxygens (including phenoxy) is 1. The molecule has 1 atom stereocenters. The molecule has 0 aliphatic heterocycles. The molecule has 0 saturated heterocycles. The number of amides is 2. The quantitative estimate of drug-likeness (QED) is 0.414. The van der Waals surface area contributed by atoms with E-state index in [0.717, 1.165) is 10.6 Å². The maximum atomic E-state index is 13.9. The van der Waals surface area contributed by atoms with E-state index in [9.17, 15) is 18.0 Å². The van der Waals surface area contributed by atoms with Crippen molar-refractivity contribution in [2.75, 3.05) is 23.7 Å². The van der Waals surface area contributed by atoms with Crippen LogP contribution in [0, 0.1) is 0 Å². The summed E-state index contributed by atoms with van der Waals surface area (Å²) in [5.41, 5.74) is 0.140. The molecule has 37 heavy (non-hydrogen) atoms. The van der Waals surface area contributed by atoms with Crippen molar-refractivity contribution in [1.82, 2.24) is 10.2 Å². The summed E-state index contributed by atoms with van der Waals surface area (Å²) in [5, 5.41) is 3.57. The Kier molecular flexibility index (Phi) is 10.7. The van der Waals surface area contributed by atoms with Crippen molar-refractivity contribution in [3.05, 3.63) is 58.1 Å². The van der Waals surface area contributed by atoms with Crippen molar-refractivity contribution in [2.45, 2.75) is 59.2 Å². The van der Waals surface area contributed by atoms with Gasteiger partial charge in [0.25, 0.3) is 0 Å². The minimum atomic E-state index is -3.90. The lowest BCUT2D eigenvalue weighted by Gasteiger charge is -2.35. The third kappa shape index (κ3) is 8.51. The number of carbonyl (C=O) groups excluding carboxylic acids is 2. The van der Waals surface area contributed by atoms with Crippen LogP contribution in [0.3, 0.4) is 0 Å². The number of nitrogens with zero attached hydrogens (tertiary/aromatic N) is 2. The van der Waals surface area contributed by atoms with Gasteiger partial charge in [-0.3, -0.25) is 13.9 Å². The molecule has 2 amide bonds. The Morgan fingerprint density at radius 1 is 1.03 bits per heavy atom. The Bertz CT molecular complexity index is 1190. The molecule has 204 valence electrons. The number of hydrogen-bond acceptors (Lipinski definition) is 5. The van der Waals surface area contributed by atoms with Crippen LogP contribution in [-0.2, 0) is 26.2 Å². The van der Waals surface area contributed by atoms with E-state index >= 15 is 0 Å². The fourth-order valence-corrected chi connectivity index (χ4v) is 5.13. The minimum absolute atomic E-state index is 0.0852. The van der Waals surface area contributed by atoms with Crippen LogP contribution in [0.5, 0.6) is 5.75 Å². The summed E-state index contributed by atoms with van der Waals surface area (Å²) < 4.78 is 32.3. The molecule has 0 aliphatic carbocycles. The zero-order chi connectivity index (χ0) is 28.0. The number of carbonyl (C=O) groups is 2. The van der Waals surface area contributed by atoms with Gasteiger partial charge in [-0.1, -0.05) is 48.3 Å². The number of halogens is 2. The zero-order valence-corrected chi connectivity index (χ0v) is 24.4. The Labute approximate surface area is 229 Å². The Morgan fingerprint density at radius 3 is 2.14 bits per heavy atom. The van der Waals surface area contributed by atoms with Gasteiger partial charge in [-0.05, 0) is 58.4 Å². The predicted octanol–water partition coefficient (Wildman–Crippen LogP) is 4.88. The topological polar surface area (TPSA) is 96.0 Å². The third-order valence-electron chi connectivity index (χ3n) is 5.39. The largest absolute Gasteiger partial charge is 0.492 e. The number of rotatable bonds is 11. The molecule has 2 rings (SSSR count). The maximum Gasteiger partial charge on any atom is 0.244 e. The summed E-state index contributed by atoms with van der Waals surface area (Å²) in [6.07, 6.45) is 1.30. The van der Waals surface area contributed by atoms with E-state index < -0.39 is 34.1 Å². The molecule has 2 aromatic rings. The predicted molar refractivity (Wildman–Crippen MR) is 149 cm³/mol. The molecule has 8 nitrogen and oxygen atoms in total. The number of para-hydroxylation sites is 2. The fraction of sp³-hybridized carbons (Fsp3) is 0.462. The average molecular weight is 573 g/mol. The number of benzene rings is 2. The summed E-state index contributed by atoms with van der Waals surface area (Å²) >= 11 is 12.8. The number of sulfonamides is 1. The van der Waals surface area contributed by atoms with Crippen LogP contribution in [0.2, 0.25) is 10.0 Å². The van der Waals surface area contributed by atoms with Crippen LogP contribution in [0.1, 0.15) is 46.6 Å². The molecule has 0 unspecified atom stereocenters. The van der Waals surface area contributed by atoms with Gasteiger partial charge in [-0.25, -0.2) is 8.42 Å². The molecule has 11 heteroatoms. The highest BCUT2D eigenvalue weighted by Crippen LogP contribution is 2.31. The second kappa shape index (κ2) is 12.8. The van der Waals surface area contributed by atoms with Crippen molar-refractivity contribution in [2.24, 2.45) is 0 Å². The molecule has 0 radical (unpaired) electrons. The lowest BCUT2D eigenvalue weighted by atomic mass is 10.1. The molecule has 0 aliphatic rings. The van der Waals surface area contributed by atoms with Gasteiger partial charge < -0.3 is 15.0 Å². The summed E-state index contributed by atoms with van der Waals surface area (Å²) in [5.74, 6) is -0.641. The van der Waals surface area contributed by atoms with Crippen molar-refractivity contribution in [1.29, 1.82) is 0 Å². The second-order valence-corrected chi connectivity index (χ2v) is 12.3. The molecule has 0 fully saturated rings. The standard InChI is InChI=1S/C26H35Cl2N3O5S/c1-7-21(25(33)29-26(3,4)5)30(16-18-19(27)12-11-13-20(18)28)24(32)17-31(37(6,34)35)22-14-9-10-15-23(22)36-8-2/h9-15,21H,7-8,16-17H2,1-6H3,(H,29,33)/t21-/m0/s1. The monoisotopic (exact) mass is 571 g/mol. The first-order valence-electron chi connectivity index (χ1n) is 11.9. The first-order valence-corrected chi connectivity index (χ1v) is 14.5. The van der Waals surface area contributed by atoms with Gasteiger partial charge >= 0.3 is 0 Å². The van der Waals surface area contributed by atoms with Crippen LogP contribution in [-0.4, -0.2) is 56.1 Å². The van der Waals surface area contributed by atoms with Crippen LogP contribution in [0.15, 0.2) is 42.5 Å². The van der Waals surface area contributed by atoms with E-state index in [-0.39, 0.29) is 24.6 Å². The first kappa shape index (κ1) is 30.7. The molecule has 0 saturated carbocycles. The third-order valence-corrected chi connectivity index (χ3v) is 7.22. The lowest BCUT2D eigenvalue weighted by molar-refractivity contribution is -0.141. The van der Waals surface area contributed by atoms with Crippen LogP contribution in [0.25, 0.3) is 0 Å². The summed E-state index contributed by atoms with van der Waals surface area (Å²) in [4.78, 5) is 28.4. The first-order chi connectivity index (χ1) is 17.2. The van der Waals surface area contributed by atoms with Gasteiger partial charge in [-0.2, -0.15) is 0 Å². The van der Waals surface area contributed by atoms with E-state index in [4.69, 9.17) is 27.9 Å². The highest BCUT2D eigenvalue weighted by atomic mass is 35.5. The second-order valence-electron chi connectivity index (χ2n) is 9.56. The van der Waals surface area contributed by atoms with Gasteiger partial charge in [-0.15, -0.1) is 0 Å². The molecule has 2 aromatic carbocycles. The van der Waals surface area contributed by atoms with Crippen LogP contribution < -0.4 is 14.4 Å². The number of anilines is 1. The SMILES string of the molecule is CCOc1ccccc1N(CC(=O)N(Cc1c(Cl)cccc1Cl)[C@@H](CC)C(=O)NC(C)(C)C)S(C)(=O)=O. The van der Waals surface area contributed by atoms with E-state index in [1.807, 2.05) is 20.8 Å². The Hall–Kier alpha value is -2.49. The zero-order valence-electron chi connectivity index (χ0n) is 22.0. The van der Waals surface area contributed by atoms with Gasteiger partial charge in [0, 0.05) is 27.7 Å². The smallest absolute Gasteiger partial charge is 0.244 e. The van der Waals surface area contributed by atoms with Crippen molar-refractivity contribution in [3.63, 3.8) is 0 Å². The molecular formula is C26H35Cl2N3O5S. The molecule has 1 N–H and O–H groups in total. The van der Waals surface area contributed by atoms with E-state index in [0.29, 0.717) is 28.0 Å². The molecule has 0 bridgehead atoms. The highest BCUT2D eigenvalue weighted by molar-refractivity contribution is 7.92. The summed E-state index contributed by atoms with van der Waals surface area (Å²) in [6.45, 7) is 8.74. The minimum Gasteiger partial charge on any atom is -0.492 e. The molecule has 0 spiro atoms. The summed E-state index contributed by atoms with van der Waals surface area (Å²) in [7, 11) is -3.90. The lowest BCUT2D eigenvalue weighted by Crippen LogP contribution is -2.55. The average Bonchev–Trinajstić information content (AvgIpc) is 2.78. The van der Waals surface area contributed by atoms with Crippen LogP contribution >= 0.6 is 23.2 Å². The van der Waals surface area contributed by atoms with Gasteiger partial charge in [0.1, 0.15) is 18.3 Å². The Balaban J connectivity index is 2.56. The van der Waals surface area contributed by atoms with Gasteiger partial charge in [0.15, 0.2) is 0 Å². The van der Waals surface area contributed by atoms with Crippen LogP contribution in [0.4, 0.5) is 5.69 Å². The van der Waals surface area contributed by atoms with Crippen molar-refractivity contribution >= 4 is 50.7 Å². The van der Waals surface area contributed by atoms with E-state index in [1.165, 1.54) is 4.90 Å². The highest BCUT2D eigenvalue weighted by Gasteiger charge is 2.34. The van der Waals surface area contributed by atoms with Gasteiger partial charge in [0.2, 0.25) is 21.8 Å².